The van der Waals surface area contributed by atoms with Gasteiger partial charge in [0, 0.05) is 25.5 Å². The number of hydrogen-bond acceptors (Lipinski definition) is 3. The third-order valence-corrected chi connectivity index (χ3v) is 5.31. The predicted molar refractivity (Wildman–Crippen MR) is 77.9 cm³/mol. The van der Waals surface area contributed by atoms with Gasteiger partial charge >= 0.3 is 0 Å². The Bertz CT molecular complexity index is 565. The number of amides is 1. The van der Waals surface area contributed by atoms with Crippen molar-refractivity contribution in [3.63, 3.8) is 0 Å². The molecular weight excluding hydrogens is 266 g/mol. The number of aryl methyl sites for hydroxylation is 1. The molecule has 4 nitrogen and oxygen atoms in total. The SMILES string of the molecule is O=C(NCC1(O)CCOC1)C1C2CCc3ccccc3C21. The van der Waals surface area contributed by atoms with Crippen LogP contribution in [0.3, 0.4) is 0 Å². The molecule has 1 heterocycles. The van der Waals surface area contributed by atoms with Crippen LogP contribution >= 0.6 is 0 Å². The highest BCUT2D eigenvalue weighted by Crippen LogP contribution is 2.59. The van der Waals surface area contributed by atoms with E-state index in [0.29, 0.717) is 38.0 Å². The summed E-state index contributed by atoms with van der Waals surface area (Å²) in [6.45, 7) is 1.21. The van der Waals surface area contributed by atoms with E-state index >= 15 is 0 Å². The Morgan fingerprint density at radius 2 is 2.29 bits per heavy atom. The summed E-state index contributed by atoms with van der Waals surface area (Å²) < 4.78 is 5.21. The lowest BCUT2D eigenvalue weighted by Gasteiger charge is -2.20. The Labute approximate surface area is 124 Å². The molecule has 1 aromatic rings. The van der Waals surface area contributed by atoms with Gasteiger partial charge in [-0.15, -0.1) is 0 Å². The highest BCUT2D eigenvalue weighted by molar-refractivity contribution is 5.84. The van der Waals surface area contributed by atoms with E-state index in [9.17, 15) is 9.90 Å². The largest absolute Gasteiger partial charge is 0.386 e. The van der Waals surface area contributed by atoms with E-state index in [2.05, 4.69) is 29.6 Å². The molecule has 4 rings (SSSR count). The second kappa shape index (κ2) is 4.82. The van der Waals surface area contributed by atoms with E-state index < -0.39 is 5.60 Å². The first kappa shape index (κ1) is 13.3. The Morgan fingerprint density at radius 1 is 1.43 bits per heavy atom. The minimum Gasteiger partial charge on any atom is -0.386 e. The van der Waals surface area contributed by atoms with Gasteiger partial charge in [-0.2, -0.15) is 0 Å². The van der Waals surface area contributed by atoms with Crippen LogP contribution in [-0.2, 0) is 16.0 Å². The first-order valence-corrected chi connectivity index (χ1v) is 7.84. The zero-order valence-electron chi connectivity index (χ0n) is 12.0. The van der Waals surface area contributed by atoms with Gasteiger partial charge in [-0.1, -0.05) is 24.3 Å². The molecule has 0 radical (unpaired) electrons. The van der Waals surface area contributed by atoms with Gasteiger partial charge in [-0.3, -0.25) is 4.79 Å². The molecule has 4 unspecified atom stereocenters. The molecule has 2 fully saturated rings. The van der Waals surface area contributed by atoms with Gasteiger partial charge in [-0.25, -0.2) is 0 Å². The fourth-order valence-corrected chi connectivity index (χ4v) is 4.03. The fourth-order valence-electron chi connectivity index (χ4n) is 4.03. The second-order valence-electron chi connectivity index (χ2n) is 6.70. The zero-order valence-corrected chi connectivity index (χ0v) is 12.0. The lowest BCUT2D eigenvalue weighted by molar-refractivity contribution is -0.124. The summed E-state index contributed by atoms with van der Waals surface area (Å²) in [6.07, 6.45) is 2.79. The van der Waals surface area contributed by atoms with Gasteiger partial charge < -0.3 is 15.2 Å². The van der Waals surface area contributed by atoms with Crippen molar-refractivity contribution < 1.29 is 14.6 Å². The van der Waals surface area contributed by atoms with Crippen LogP contribution in [0.4, 0.5) is 0 Å². The third-order valence-electron chi connectivity index (χ3n) is 5.31. The first-order chi connectivity index (χ1) is 10.2. The standard InChI is InChI=1S/C17H21NO3/c19-16(18-9-17(20)7-8-21-10-17)15-13-6-5-11-3-1-2-4-12(11)14(13)15/h1-4,13-15,20H,5-10H2,(H,18,19). The van der Waals surface area contributed by atoms with Crippen LogP contribution in [0.15, 0.2) is 24.3 Å². The molecule has 1 saturated heterocycles. The average Bonchev–Trinajstić information content (AvgIpc) is 3.11. The van der Waals surface area contributed by atoms with Crippen molar-refractivity contribution in [3.05, 3.63) is 35.4 Å². The molecule has 21 heavy (non-hydrogen) atoms. The monoisotopic (exact) mass is 287 g/mol. The van der Waals surface area contributed by atoms with Crippen molar-refractivity contribution in [3.8, 4) is 0 Å². The Hall–Kier alpha value is -1.39. The maximum absolute atomic E-state index is 12.4. The van der Waals surface area contributed by atoms with Crippen molar-refractivity contribution in [2.45, 2.75) is 30.8 Å². The minimum absolute atomic E-state index is 0.0968. The van der Waals surface area contributed by atoms with Gasteiger partial charge in [0.25, 0.3) is 0 Å². The van der Waals surface area contributed by atoms with Crippen molar-refractivity contribution >= 4 is 5.91 Å². The summed E-state index contributed by atoms with van der Waals surface area (Å²) in [5.74, 6) is 1.08. The predicted octanol–water partition coefficient (Wildman–Crippen LogP) is 1.23. The molecule has 0 aromatic heterocycles. The Morgan fingerprint density at radius 3 is 3.10 bits per heavy atom. The Balaban J connectivity index is 1.41. The number of hydrogen-bond donors (Lipinski definition) is 2. The van der Waals surface area contributed by atoms with E-state index in [-0.39, 0.29) is 11.8 Å². The summed E-state index contributed by atoms with van der Waals surface area (Å²) in [6, 6.07) is 8.48. The number of benzene rings is 1. The van der Waals surface area contributed by atoms with E-state index in [0.717, 1.165) is 12.8 Å². The second-order valence-corrected chi connectivity index (χ2v) is 6.70. The number of ether oxygens (including phenoxy) is 1. The van der Waals surface area contributed by atoms with Gasteiger partial charge in [0.1, 0.15) is 5.60 Å². The molecule has 1 saturated carbocycles. The lowest BCUT2D eigenvalue weighted by Crippen LogP contribution is -2.44. The van der Waals surface area contributed by atoms with Crippen molar-refractivity contribution in [1.29, 1.82) is 0 Å². The van der Waals surface area contributed by atoms with E-state index in [4.69, 9.17) is 4.74 Å². The van der Waals surface area contributed by atoms with Crippen LogP contribution in [0, 0.1) is 11.8 Å². The molecule has 0 bridgehead atoms. The quantitative estimate of drug-likeness (QED) is 0.879. The lowest BCUT2D eigenvalue weighted by atomic mass is 9.92. The zero-order chi connectivity index (χ0) is 14.4. The highest BCUT2D eigenvalue weighted by atomic mass is 16.5. The maximum Gasteiger partial charge on any atom is 0.224 e. The molecule has 4 heteroatoms. The van der Waals surface area contributed by atoms with Crippen molar-refractivity contribution in [2.24, 2.45) is 11.8 Å². The topological polar surface area (TPSA) is 58.6 Å². The number of rotatable bonds is 3. The molecule has 1 aromatic carbocycles. The van der Waals surface area contributed by atoms with E-state index in [1.807, 2.05) is 0 Å². The molecule has 3 aliphatic rings. The summed E-state index contributed by atoms with van der Waals surface area (Å²) in [5.41, 5.74) is 1.89. The molecule has 1 amide bonds. The van der Waals surface area contributed by atoms with Crippen LogP contribution in [0.25, 0.3) is 0 Å². The Kier molecular flexibility index (Phi) is 3.05. The number of fused-ring (bicyclic) bond motifs is 3. The summed E-state index contributed by atoms with van der Waals surface area (Å²) in [5, 5.41) is 13.2. The van der Waals surface area contributed by atoms with Crippen LogP contribution in [0.2, 0.25) is 0 Å². The summed E-state index contributed by atoms with van der Waals surface area (Å²) in [7, 11) is 0. The molecule has 2 aliphatic carbocycles. The number of carbonyl (C=O) groups is 1. The highest BCUT2D eigenvalue weighted by Gasteiger charge is 2.57. The minimum atomic E-state index is -0.867. The number of aliphatic hydroxyl groups is 1. The van der Waals surface area contributed by atoms with Gasteiger partial charge in [-0.05, 0) is 35.8 Å². The smallest absolute Gasteiger partial charge is 0.224 e. The van der Waals surface area contributed by atoms with Crippen LogP contribution in [-0.4, -0.2) is 36.4 Å². The van der Waals surface area contributed by atoms with Gasteiger partial charge in [0.2, 0.25) is 5.91 Å². The number of nitrogens with one attached hydrogen (secondary N) is 1. The van der Waals surface area contributed by atoms with Crippen LogP contribution in [0.5, 0.6) is 0 Å². The molecule has 112 valence electrons. The summed E-state index contributed by atoms with van der Waals surface area (Å²) in [4.78, 5) is 12.4. The first-order valence-electron chi connectivity index (χ1n) is 7.84. The molecule has 2 N–H and O–H groups in total. The number of carbonyl (C=O) groups excluding carboxylic acids is 1. The third kappa shape index (κ3) is 2.27. The van der Waals surface area contributed by atoms with Crippen LogP contribution in [0.1, 0.15) is 29.9 Å². The van der Waals surface area contributed by atoms with Crippen LogP contribution < -0.4 is 5.32 Å². The summed E-state index contributed by atoms with van der Waals surface area (Å²) >= 11 is 0. The van der Waals surface area contributed by atoms with Gasteiger partial charge in [0.05, 0.1) is 6.61 Å². The van der Waals surface area contributed by atoms with E-state index in [1.54, 1.807) is 0 Å². The van der Waals surface area contributed by atoms with Crippen molar-refractivity contribution in [2.75, 3.05) is 19.8 Å². The molecule has 0 spiro atoms. The normalized spacial score (nSPS) is 36.7. The maximum atomic E-state index is 12.4. The fraction of sp³-hybridized carbons (Fsp3) is 0.588. The molecule has 4 atom stereocenters. The average molecular weight is 287 g/mol. The molecular formula is C17H21NO3. The van der Waals surface area contributed by atoms with Crippen molar-refractivity contribution in [1.82, 2.24) is 5.32 Å². The van der Waals surface area contributed by atoms with E-state index in [1.165, 1.54) is 11.1 Å². The molecule has 1 aliphatic heterocycles. The van der Waals surface area contributed by atoms with Gasteiger partial charge in [0.15, 0.2) is 0 Å².